The van der Waals surface area contributed by atoms with Crippen molar-refractivity contribution in [1.82, 2.24) is 9.38 Å². The predicted octanol–water partition coefficient (Wildman–Crippen LogP) is 4.66. The summed E-state index contributed by atoms with van der Waals surface area (Å²) in [5.41, 5.74) is 2.20. The Balaban J connectivity index is 1.71. The quantitative estimate of drug-likeness (QED) is 0.753. The zero-order chi connectivity index (χ0) is 17.2. The largest absolute Gasteiger partial charge is 0.309 e. The van der Waals surface area contributed by atoms with E-state index in [1.807, 2.05) is 30.3 Å². The van der Waals surface area contributed by atoms with Crippen molar-refractivity contribution in [2.24, 2.45) is 5.92 Å². The number of hydrogen-bond acceptors (Lipinski definition) is 2. The molecule has 1 saturated carbocycles. The fourth-order valence-electron chi connectivity index (χ4n) is 3.64. The third-order valence-corrected chi connectivity index (χ3v) is 4.84. The summed E-state index contributed by atoms with van der Waals surface area (Å²) in [5.74, 6) is 0.591. The molecule has 0 bridgehead atoms. The van der Waals surface area contributed by atoms with E-state index < -0.39 is 0 Å². The highest BCUT2D eigenvalue weighted by molar-refractivity contribution is 5.94. The van der Waals surface area contributed by atoms with Crippen molar-refractivity contribution in [2.75, 3.05) is 5.32 Å². The Hall–Kier alpha value is -2.69. The predicted molar refractivity (Wildman–Crippen MR) is 95.8 cm³/mol. The first kappa shape index (κ1) is 15.8. The first-order valence-corrected chi connectivity index (χ1v) is 8.73. The van der Waals surface area contributed by atoms with Gasteiger partial charge < -0.3 is 5.32 Å². The maximum absolute atomic E-state index is 13.7. The molecule has 1 aliphatic carbocycles. The van der Waals surface area contributed by atoms with Crippen LogP contribution < -0.4 is 5.32 Å². The number of pyridine rings is 1. The van der Waals surface area contributed by atoms with Gasteiger partial charge in [0, 0.05) is 18.2 Å². The molecule has 2 aromatic heterocycles. The van der Waals surface area contributed by atoms with Gasteiger partial charge >= 0.3 is 0 Å². The molecule has 1 fully saturated rings. The molecule has 4 rings (SSSR count). The average Bonchev–Trinajstić information content (AvgIpc) is 3.22. The molecule has 1 aliphatic rings. The Bertz CT molecular complexity index is 898. The highest BCUT2D eigenvalue weighted by atomic mass is 19.1. The van der Waals surface area contributed by atoms with Gasteiger partial charge in [0.15, 0.2) is 5.82 Å². The van der Waals surface area contributed by atoms with Crippen molar-refractivity contribution in [1.29, 1.82) is 0 Å². The first-order valence-electron chi connectivity index (χ1n) is 8.73. The number of nitrogens with zero attached hydrogens (tertiary/aromatic N) is 2. The summed E-state index contributed by atoms with van der Waals surface area (Å²) >= 11 is 0. The molecule has 0 spiro atoms. The monoisotopic (exact) mass is 337 g/mol. The number of carbonyl (C=O) groups is 1. The lowest BCUT2D eigenvalue weighted by Crippen LogP contribution is -2.16. The number of carbonyl (C=O) groups excluding carboxylic acids is 1. The molecule has 0 aliphatic heterocycles. The molecule has 2 heterocycles. The van der Waals surface area contributed by atoms with E-state index >= 15 is 0 Å². The van der Waals surface area contributed by atoms with Gasteiger partial charge in [0.1, 0.15) is 11.5 Å². The van der Waals surface area contributed by atoms with Crippen LogP contribution in [0, 0.1) is 11.7 Å². The van der Waals surface area contributed by atoms with Crippen molar-refractivity contribution in [3.63, 3.8) is 0 Å². The summed E-state index contributed by atoms with van der Waals surface area (Å²) in [5, 5.41) is 2.95. The molecule has 3 aromatic rings. The van der Waals surface area contributed by atoms with Gasteiger partial charge in [0.25, 0.3) is 0 Å². The van der Waals surface area contributed by atoms with Gasteiger partial charge in [-0.2, -0.15) is 0 Å². The number of fused-ring (bicyclic) bond motifs is 1. The zero-order valence-corrected chi connectivity index (χ0v) is 13.9. The SMILES string of the molecule is O=C(CC1CCCC1)Nc1nc2ccc(F)cn2c1-c1ccccc1. The first-order chi connectivity index (χ1) is 12.2. The lowest BCUT2D eigenvalue weighted by molar-refractivity contribution is -0.117. The van der Waals surface area contributed by atoms with E-state index in [4.69, 9.17) is 0 Å². The van der Waals surface area contributed by atoms with Gasteiger partial charge in [0.2, 0.25) is 5.91 Å². The summed E-state index contributed by atoms with van der Waals surface area (Å²) in [6.07, 6.45) is 6.58. The van der Waals surface area contributed by atoms with Crippen molar-refractivity contribution >= 4 is 17.4 Å². The highest BCUT2D eigenvalue weighted by Gasteiger charge is 2.21. The van der Waals surface area contributed by atoms with Gasteiger partial charge in [-0.25, -0.2) is 9.37 Å². The molecular weight excluding hydrogens is 317 g/mol. The Morgan fingerprint density at radius 1 is 1.16 bits per heavy atom. The number of halogens is 1. The van der Waals surface area contributed by atoms with Crippen LogP contribution >= 0.6 is 0 Å². The topological polar surface area (TPSA) is 46.4 Å². The van der Waals surface area contributed by atoms with Gasteiger partial charge in [-0.15, -0.1) is 0 Å². The Morgan fingerprint density at radius 3 is 2.68 bits per heavy atom. The van der Waals surface area contributed by atoms with Crippen LogP contribution in [0.2, 0.25) is 0 Å². The number of rotatable bonds is 4. The van der Waals surface area contributed by atoms with Crippen molar-refractivity contribution in [3.05, 3.63) is 54.5 Å². The number of aromatic nitrogens is 2. The van der Waals surface area contributed by atoms with Gasteiger partial charge in [-0.3, -0.25) is 9.20 Å². The fraction of sp³-hybridized carbons (Fsp3) is 0.300. The number of imidazole rings is 1. The Labute approximate surface area is 145 Å². The van der Waals surface area contributed by atoms with E-state index in [2.05, 4.69) is 10.3 Å². The number of amides is 1. The van der Waals surface area contributed by atoms with E-state index in [9.17, 15) is 9.18 Å². The van der Waals surface area contributed by atoms with E-state index in [0.717, 1.165) is 18.4 Å². The molecule has 25 heavy (non-hydrogen) atoms. The average molecular weight is 337 g/mol. The summed E-state index contributed by atoms with van der Waals surface area (Å²) in [4.78, 5) is 17.0. The minimum absolute atomic E-state index is 0.0204. The van der Waals surface area contributed by atoms with Crippen LogP contribution in [0.1, 0.15) is 32.1 Å². The van der Waals surface area contributed by atoms with Crippen molar-refractivity contribution in [2.45, 2.75) is 32.1 Å². The van der Waals surface area contributed by atoms with Crippen LogP contribution in [0.4, 0.5) is 10.2 Å². The van der Waals surface area contributed by atoms with Crippen LogP contribution in [0.25, 0.3) is 16.9 Å². The highest BCUT2D eigenvalue weighted by Crippen LogP contribution is 2.31. The number of nitrogens with one attached hydrogen (secondary N) is 1. The minimum Gasteiger partial charge on any atom is -0.309 e. The molecule has 1 N–H and O–H groups in total. The standard InChI is InChI=1S/C20H20FN3O/c21-16-10-11-17-22-20(23-18(25)12-14-6-4-5-7-14)19(24(17)13-16)15-8-2-1-3-9-15/h1-3,8-11,13-14H,4-7,12H2,(H,23,25). The maximum atomic E-state index is 13.7. The van der Waals surface area contributed by atoms with Crippen LogP contribution in [-0.2, 0) is 4.79 Å². The van der Waals surface area contributed by atoms with Gasteiger partial charge in [-0.1, -0.05) is 43.2 Å². The molecule has 1 aromatic carbocycles. The third-order valence-electron chi connectivity index (χ3n) is 4.84. The molecule has 128 valence electrons. The van der Waals surface area contributed by atoms with Gasteiger partial charge in [-0.05, 0) is 30.9 Å². The molecule has 1 amide bonds. The number of anilines is 1. The molecule has 0 saturated heterocycles. The van der Waals surface area contributed by atoms with E-state index in [1.165, 1.54) is 25.1 Å². The summed E-state index contributed by atoms with van der Waals surface area (Å²) in [6.45, 7) is 0. The smallest absolute Gasteiger partial charge is 0.225 e. The second-order valence-electron chi connectivity index (χ2n) is 6.65. The third kappa shape index (κ3) is 3.27. The molecule has 0 unspecified atom stereocenters. The van der Waals surface area contributed by atoms with Crippen LogP contribution in [0.3, 0.4) is 0 Å². The second kappa shape index (κ2) is 6.67. The fourth-order valence-corrected chi connectivity index (χ4v) is 3.64. The molecule has 0 atom stereocenters. The zero-order valence-electron chi connectivity index (χ0n) is 13.9. The second-order valence-corrected chi connectivity index (χ2v) is 6.65. The molecular formula is C20H20FN3O. The number of hydrogen-bond donors (Lipinski definition) is 1. The normalized spacial score (nSPS) is 14.9. The van der Waals surface area contributed by atoms with Crippen LogP contribution in [-0.4, -0.2) is 15.3 Å². The summed E-state index contributed by atoms with van der Waals surface area (Å²) < 4.78 is 15.4. The Kier molecular flexibility index (Phi) is 4.22. The van der Waals surface area contributed by atoms with Crippen molar-refractivity contribution < 1.29 is 9.18 Å². The lowest BCUT2D eigenvalue weighted by atomic mass is 10.0. The summed E-state index contributed by atoms with van der Waals surface area (Å²) in [6, 6.07) is 12.6. The van der Waals surface area contributed by atoms with E-state index in [-0.39, 0.29) is 11.7 Å². The number of benzene rings is 1. The Morgan fingerprint density at radius 2 is 1.92 bits per heavy atom. The molecule has 4 nitrogen and oxygen atoms in total. The molecule has 0 radical (unpaired) electrons. The van der Waals surface area contributed by atoms with E-state index in [1.54, 1.807) is 10.5 Å². The van der Waals surface area contributed by atoms with Gasteiger partial charge in [0.05, 0.1) is 5.69 Å². The summed E-state index contributed by atoms with van der Waals surface area (Å²) in [7, 11) is 0. The maximum Gasteiger partial charge on any atom is 0.225 e. The van der Waals surface area contributed by atoms with Crippen LogP contribution in [0.15, 0.2) is 48.7 Å². The minimum atomic E-state index is -0.342. The molecule has 5 heteroatoms. The van der Waals surface area contributed by atoms with E-state index in [0.29, 0.717) is 29.5 Å². The van der Waals surface area contributed by atoms with Crippen LogP contribution in [0.5, 0.6) is 0 Å². The lowest BCUT2D eigenvalue weighted by Gasteiger charge is -2.10. The van der Waals surface area contributed by atoms with Crippen molar-refractivity contribution in [3.8, 4) is 11.3 Å².